The quantitative estimate of drug-likeness (QED) is 0.846. The van der Waals surface area contributed by atoms with Crippen molar-refractivity contribution in [1.29, 1.82) is 0 Å². The minimum Gasteiger partial charge on any atom is -0.496 e. The first-order valence-corrected chi connectivity index (χ1v) is 6.41. The van der Waals surface area contributed by atoms with Gasteiger partial charge >= 0.3 is 0 Å². The van der Waals surface area contributed by atoms with E-state index in [0.717, 1.165) is 17.5 Å². The molecular weight excluding hydrogens is 238 g/mol. The molecule has 0 aliphatic rings. The van der Waals surface area contributed by atoms with Gasteiger partial charge in [-0.1, -0.05) is 30.7 Å². The van der Waals surface area contributed by atoms with Crippen LogP contribution in [0, 0.1) is 6.92 Å². The van der Waals surface area contributed by atoms with Gasteiger partial charge in [0.05, 0.1) is 7.11 Å². The normalized spacial score (nSPS) is 10.5. The molecule has 0 atom stereocenters. The first-order chi connectivity index (χ1) is 9.06. The van der Waals surface area contributed by atoms with Gasteiger partial charge in [0, 0.05) is 24.9 Å². The molecule has 0 saturated heterocycles. The maximum absolute atomic E-state index is 11.7. The van der Waals surface area contributed by atoms with E-state index in [0.29, 0.717) is 5.75 Å². The summed E-state index contributed by atoms with van der Waals surface area (Å²) in [4.78, 5) is 11.7. The SMILES string of the molecule is CCc1ccc(C)cc1-c1cn(C)c(=O)cc1OC. The van der Waals surface area contributed by atoms with Crippen LogP contribution in [0.3, 0.4) is 0 Å². The molecule has 100 valence electrons. The molecule has 1 aromatic carbocycles. The highest BCUT2D eigenvalue weighted by Crippen LogP contribution is 2.32. The van der Waals surface area contributed by atoms with Crippen molar-refractivity contribution < 1.29 is 4.74 Å². The summed E-state index contributed by atoms with van der Waals surface area (Å²) in [6, 6.07) is 7.92. The Hall–Kier alpha value is -2.03. The van der Waals surface area contributed by atoms with Gasteiger partial charge in [-0.15, -0.1) is 0 Å². The number of pyridine rings is 1. The minimum atomic E-state index is -0.0636. The Labute approximate surface area is 113 Å². The Balaban J connectivity index is 2.74. The molecular formula is C16H19NO2. The van der Waals surface area contributed by atoms with E-state index in [9.17, 15) is 4.79 Å². The van der Waals surface area contributed by atoms with Gasteiger partial charge in [0.1, 0.15) is 5.75 Å². The highest BCUT2D eigenvalue weighted by atomic mass is 16.5. The van der Waals surface area contributed by atoms with E-state index in [1.165, 1.54) is 17.2 Å². The summed E-state index contributed by atoms with van der Waals surface area (Å²) in [5.41, 5.74) is 4.48. The van der Waals surface area contributed by atoms with Crippen LogP contribution in [0.1, 0.15) is 18.1 Å². The summed E-state index contributed by atoms with van der Waals surface area (Å²) < 4.78 is 6.94. The van der Waals surface area contributed by atoms with Gasteiger partial charge in [0.25, 0.3) is 5.56 Å². The van der Waals surface area contributed by atoms with Crippen molar-refractivity contribution in [3.8, 4) is 16.9 Å². The van der Waals surface area contributed by atoms with Crippen LogP contribution in [0.5, 0.6) is 5.75 Å². The molecule has 1 heterocycles. The molecule has 0 aliphatic heterocycles. The van der Waals surface area contributed by atoms with Crippen molar-refractivity contribution in [3.63, 3.8) is 0 Å². The van der Waals surface area contributed by atoms with E-state index >= 15 is 0 Å². The maximum atomic E-state index is 11.7. The average Bonchev–Trinajstić information content (AvgIpc) is 2.41. The lowest BCUT2D eigenvalue weighted by Crippen LogP contribution is -2.15. The van der Waals surface area contributed by atoms with Crippen LogP contribution in [0.4, 0.5) is 0 Å². The first kappa shape index (κ1) is 13.4. The minimum absolute atomic E-state index is 0.0636. The Morgan fingerprint density at radius 3 is 2.58 bits per heavy atom. The Kier molecular flexibility index (Phi) is 3.74. The standard InChI is InChI=1S/C16H19NO2/c1-5-12-7-6-11(2)8-13(12)14-10-17(3)16(18)9-15(14)19-4/h6-10H,5H2,1-4H3. The molecule has 0 saturated carbocycles. The van der Waals surface area contributed by atoms with Crippen LogP contribution in [-0.4, -0.2) is 11.7 Å². The van der Waals surface area contributed by atoms with E-state index < -0.39 is 0 Å². The fraction of sp³-hybridized carbons (Fsp3) is 0.312. The summed E-state index contributed by atoms with van der Waals surface area (Å²) in [5, 5.41) is 0. The van der Waals surface area contributed by atoms with Crippen LogP contribution in [-0.2, 0) is 13.5 Å². The summed E-state index contributed by atoms with van der Waals surface area (Å²) in [5.74, 6) is 0.628. The van der Waals surface area contributed by atoms with Crippen LogP contribution in [0.15, 0.2) is 35.3 Å². The van der Waals surface area contributed by atoms with Crippen molar-refractivity contribution >= 4 is 0 Å². The number of methoxy groups -OCH3 is 1. The predicted molar refractivity (Wildman–Crippen MR) is 77.8 cm³/mol. The summed E-state index contributed by atoms with van der Waals surface area (Å²) in [6.45, 7) is 4.19. The third-order valence-corrected chi connectivity index (χ3v) is 3.35. The topological polar surface area (TPSA) is 31.2 Å². The Bertz CT molecular complexity index is 656. The van der Waals surface area contributed by atoms with E-state index in [2.05, 4.69) is 32.0 Å². The Morgan fingerprint density at radius 1 is 1.21 bits per heavy atom. The summed E-state index contributed by atoms with van der Waals surface area (Å²) >= 11 is 0. The number of ether oxygens (including phenoxy) is 1. The van der Waals surface area contributed by atoms with Crippen LogP contribution in [0.25, 0.3) is 11.1 Å². The second-order valence-corrected chi connectivity index (χ2v) is 4.72. The highest BCUT2D eigenvalue weighted by molar-refractivity contribution is 5.73. The predicted octanol–water partition coefficient (Wildman–Crippen LogP) is 2.93. The molecule has 0 unspecified atom stereocenters. The van der Waals surface area contributed by atoms with Crippen molar-refractivity contribution in [1.82, 2.24) is 4.57 Å². The van der Waals surface area contributed by atoms with Crippen molar-refractivity contribution in [3.05, 3.63) is 51.9 Å². The van der Waals surface area contributed by atoms with Gasteiger partial charge in [-0.25, -0.2) is 0 Å². The molecule has 0 amide bonds. The second-order valence-electron chi connectivity index (χ2n) is 4.72. The molecule has 0 fully saturated rings. The molecule has 0 radical (unpaired) electrons. The zero-order valence-electron chi connectivity index (χ0n) is 11.9. The molecule has 0 spiro atoms. The lowest BCUT2D eigenvalue weighted by Gasteiger charge is -2.14. The van der Waals surface area contributed by atoms with Gasteiger partial charge in [-0.2, -0.15) is 0 Å². The number of nitrogens with zero attached hydrogens (tertiary/aromatic N) is 1. The molecule has 0 bridgehead atoms. The second kappa shape index (κ2) is 5.31. The molecule has 0 N–H and O–H groups in total. The van der Waals surface area contributed by atoms with E-state index in [-0.39, 0.29) is 5.56 Å². The first-order valence-electron chi connectivity index (χ1n) is 6.41. The van der Waals surface area contributed by atoms with Gasteiger partial charge in [-0.3, -0.25) is 4.79 Å². The fourth-order valence-electron chi connectivity index (χ4n) is 2.23. The zero-order valence-corrected chi connectivity index (χ0v) is 11.9. The smallest absolute Gasteiger partial charge is 0.254 e. The molecule has 3 nitrogen and oxygen atoms in total. The van der Waals surface area contributed by atoms with Crippen LogP contribution < -0.4 is 10.3 Å². The molecule has 19 heavy (non-hydrogen) atoms. The Morgan fingerprint density at radius 2 is 1.95 bits per heavy atom. The summed E-state index contributed by atoms with van der Waals surface area (Å²) in [6.07, 6.45) is 2.79. The van der Waals surface area contributed by atoms with E-state index in [4.69, 9.17) is 4.74 Å². The number of hydrogen-bond donors (Lipinski definition) is 0. The largest absolute Gasteiger partial charge is 0.496 e. The molecule has 0 aliphatic carbocycles. The van der Waals surface area contributed by atoms with Gasteiger partial charge < -0.3 is 9.30 Å². The number of hydrogen-bond acceptors (Lipinski definition) is 2. The number of aromatic nitrogens is 1. The van der Waals surface area contributed by atoms with Crippen molar-refractivity contribution in [2.24, 2.45) is 7.05 Å². The number of aryl methyl sites for hydroxylation is 3. The van der Waals surface area contributed by atoms with Crippen molar-refractivity contribution in [2.45, 2.75) is 20.3 Å². The molecule has 2 rings (SSSR count). The molecule has 2 aromatic rings. The lowest BCUT2D eigenvalue weighted by atomic mass is 9.96. The molecule has 3 heteroatoms. The fourth-order valence-corrected chi connectivity index (χ4v) is 2.23. The zero-order chi connectivity index (χ0) is 14.0. The summed E-state index contributed by atoms with van der Waals surface area (Å²) in [7, 11) is 3.35. The van der Waals surface area contributed by atoms with E-state index in [1.807, 2.05) is 6.20 Å². The number of rotatable bonds is 3. The monoisotopic (exact) mass is 257 g/mol. The average molecular weight is 257 g/mol. The maximum Gasteiger partial charge on any atom is 0.254 e. The third-order valence-electron chi connectivity index (χ3n) is 3.35. The van der Waals surface area contributed by atoms with Crippen LogP contribution >= 0.6 is 0 Å². The highest BCUT2D eigenvalue weighted by Gasteiger charge is 2.11. The van der Waals surface area contributed by atoms with Crippen LogP contribution in [0.2, 0.25) is 0 Å². The van der Waals surface area contributed by atoms with Gasteiger partial charge in [0.15, 0.2) is 0 Å². The van der Waals surface area contributed by atoms with Crippen molar-refractivity contribution in [2.75, 3.05) is 7.11 Å². The number of benzene rings is 1. The lowest BCUT2D eigenvalue weighted by molar-refractivity contribution is 0.414. The molecule has 1 aromatic heterocycles. The van der Waals surface area contributed by atoms with Gasteiger partial charge in [0.2, 0.25) is 0 Å². The van der Waals surface area contributed by atoms with E-state index in [1.54, 1.807) is 18.7 Å². The third kappa shape index (κ3) is 2.55. The van der Waals surface area contributed by atoms with Gasteiger partial charge in [-0.05, 0) is 24.5 Å².